The number of aliphatic imine (C=N–C) groups is 1. The lowest BCUT2D eigenvalue weighted by atomic mass is 9.79. The molecule has 1 unspecified atom stereocenters. The lowest BCUT2D eigenvalue weighted by Gasteiger charge is -2.40. The molecule has 2 aliphatic heterocycles. The van der Waals surface area contributed by atoms with Gasteiger partial charge in [0, 0.05) is 33.2 Å². The molecule has 4 amide bonds. The van der Waals surface area contributed by atoms with Crippen LogP contribution in [-0.2, 0) is 9.59 Å². The van der Waals surface area contributed by atoms with Gasteiger partial charge in [-0.2, -0.15) is 0 Å². The molecular formula is C18H32N6O3. The second kappa shape index (κ2) is 8.14. The van der Waals surface area contributed by atoms with Gasteiger partial charge in [0.2, 0.25) is 5.91 Å². The van der Waals surface area contributed by atoms with Gasteiger partial charge in [0.1, 0.15) is 5.54 Å². The molecule has 27 heavy (non-hydrogen) atoms. The maximum absolute atomic E-state index is 12.1. The van der Waals surface area contributed by atoms with E-state index >= 15 is 0 Å². The number of hydrogen-bond donors (Lipinski definition) is 4. The standard InChI is InChI=1S/C18H32N6O3/c1-6-20-13(25)17(2,3)11-21-15(19-5)24-9-7-12(8-10-24)18(4)14(26)22-16(27)23-18/h12H,6-11H2,1-5H3,(H,19,21)(H,20,25)(H2,22,23,26,27). The largest absolute Gasteiger partial charge is 0.356 e. The minimum absolute atomic E-state index is 0.00238. The summed E-state index contributed by atoms with van der Waals surface area (Å²) in [7, 11) is 1.72. The Kier molecular flexibility index (Phi) is 6.33. The molecule has 0 aliphatic carbocycles. The Hall–Kier alpha value is -2.32. The first-order valence-corrected chi connectivity index (χ1v) is 9.51. The van der Waals surface area contributed by atoms with Crippen molar-refractivity contribution >= 4 is 23.8 Å². The van der Waals surface area contributed by atoms with E-state index in [0.717, 1.165) is 31.9 Å². The Labute approximate surface area is 160 Å². The Morgan fingerprint density at radius 3 is 2.41 bits per heavy atom. The van der Waals surface area contributed by atoms with Crippen LogP contribution in [0.4, 0.5) is 4.79 Å². The van der Waals surface area contributed by atoms with E-state index in [1.54, 1.807) is 14.0 Å². The van der Waals surface area contributed by atoms with Gasteiger partial charge in [-0.05, 0) is 46.5 Å². The number of carbonyl (C=O) groups is 3. The second-order valence-corrected chi connectivity index (χ2v) is 8.02. The molecule has 0 spiro atoms. The molecule has 9 nitrogen and oxygen atoms in total. The summed E-state index contributed by atoms with van der Waals surface area (Å²) in [5.74, 6) is 0.570. The SMILES string of the molecule is CCNC(=O)C(C)(C)CNC(=NC)N1CCC(C2(C)NC(=O)NC2=O)CC1. The van der Waals surface area contributed by atoms with Crippen molar-refractivity contribution in [3.8, 4) is 0 Å². The van der Waals surface area contributed by atoms with E-state index in [1.807, 2.05) is 20.8 Å². The number of piperidine rings is 1. The number of amides is 4. The first-order valence-electron chi connectivity index (χ1n) is 9.51. The molecule has 2 fully saturated rings. The fourth-order valence-electron chi connectivity index (χ4n) is 3.63. The molecule has 2 saturated heterocycles. The zero-order valence-electron chi connectivity index (χ0n) is 16.9. The summed E-state index contributed by atoms with van der Waals surface area (Å²) in [6.07, 6.45) is 1.54. The van der Waals surface area contributed by atoms with Crippen molar-refractivity contribution in [2.75, 3.05) is 33.2 Å². The number of hydrogen-bond acceptors (Lipinski definition) is 4. The van der Waals surface area contributed by atoms with Crippen molar-refractivity contribution in [3.63, 3.8) is 0 Å². The third-order valence-corrected chi connectivity index (χ3v) is 5.54. The number of likely N-dealkylation sites (tertiary alicyclic amines) is 1. The first kappa shape index (κ1) is 21.0. The monoisotopic (exact) mass is 380 g/mol. The van der Waals surface area contributed by atoms with Gasteiger partial charge in [-0.3, -0.25) is 19.9 Å². The molecule has 2 aliphatic rings. The van der Waals surface area contributed by atoms with E-state index in [1.165, 1.54) is 0 Å². The summed E-state index contributed by atoms with van der Waals surface area (Å²) >= 11 is 0. The molecule has 0 aromatic heterocycles. The van der Waals surface area contributed by atoms with Crippen LogP contribution in [0.5, 0.6) is 0 Å². The van der Waals surface area contributed by atoms with Crippen molar-refractivity contribution in [1.82, 2.24) is 26.2 Å². The second-order valence-electron chi connectivity index (χ2n) is 8.02. The predicted molar refractivity (Wildman–Crippen MR) is 103 cm³/mol. The highest BCUT2D eigenvalue weighted by Crippen LogP contribution is 2.30. The van der Waals surface area contributed by atoms with E-state index < -0.39 is 17.0 Å². The molecule has 1 atom stereocenters. The Bertz CT molecular complexity index is 625. The number of imide groups is 1. The topological polar surface area (TPSA) is 115 Å². The lowest BCUT2D eigenvalue weighted by Crippen LogP contribution is -2.56. The minimum Gasteiger partial charge on any atom is -0.356 e. The highest BCUT2D eigenvalue weighted by molar-refractivity contribution is 6.07. The summed E-state index contributed by atoms with van der Waals surface area (Å²) in [5, 5.41) is 11.2. The molecule has 2 rings (SSSR count). The van der Waals surface area contributed by atoms with Crippen molar-refractivity contribution < 1.29 is 14.4 Å². The van der Waals surface area contributed by atoms with Crippen LogP contribution in [0.15, 0.2) is 4.99 Å². The van der Waals surface area contributed by atoms with Gasteiger partial charge in [-0.1, -0.05) is 0 Å². The molecule has 0 aromatic rings. The van der Waals surface area contributed by atoms with Gasteiger partial charge in [0.15, 0.2) is 5.96 Å². The van der Waals surface area contributed by atoms with Gasteiger partial charge in [0.05, 0.1) is 5.41 Å². The first-order chi connectivity index (χ1) is 12.6. The number of carbonyl (C=O) groups excluding carboxylic acids is 3. The van der Waals surface area contributed by atoms with Crippen molar-refractivity contribution in [1.29, 1.82) is 0 Å². The molecule has 2 heterocycles. The average Bonchev–Trinajstić information content (AvgIpc) is 2.89. The van der Waals surface area contributed by atoms with Crippen LogP contribution in [0.3, 0.4) is 0 Å². The highest BCUT2D eigenvalue weighted by atomic mass is 16.2. The van der Waals surface area contributed by atoms with Crippen LogP contribution in [0, 0.1) is 11.3 Å². The zero-order chi connectivity index (χ0) is 20.2. The average molecular weight is 380 g/mol. The number of rotatable bonds is 5. The molecule has 0 radical (unpaired) electrons. The zero-order valence-corrected chi connectivity index (χ0v) is 16.9. The van der Waals surface area contributed by atoms with E-state index in [2.05, 4.69) is 31.2 Å². The third kappa shape index (κ3) is 4.51. The molecular weight excluding hydrogens is 348 g/mol. The molecule has 152 valence electrons. The molecule has 9 heteroatoms. The van der Waals surface area contributed by atoms with Crippen LogP contribution in [0.25, 0.3) is 0 Å². The lowest BCUT2D eigenvalue weighted by molar-refractivity contribution is -0.129. The van der Waals surface area contributed by atoms with E-state index in [4.69, 9.17) is 0 Å². The predicted octanol–water partition coefficient (Wildman–Crippen LogP) is 0.0342. The third-order valence-electron chi connectivity index (χ3n) is 5.54. The fraction of sp³-hybridized carbons (Fsp3) is 0.778. The Balaban J connectivity index is 1.91. The normalized spacial score (nSPS) is 24.5. The number of guanidine groups is 1. The summed E-state index contributed by atoms with van der Waals surface area (Å²) in [6.45, 7) is 10.0. The molecule has 0 bridgehead atoms. The maximum Gasteiger partial charge on any atom is 0.322 e. The maximum atomic E-state index is 12.1. The Morgan fingerprint density at radius 2 is 1.93 bits per heavy atom. The van der Waals surface area contributed by atoms with E-state index in [0.29, 0.717) is 13.1 Å². The fourth-order valence-corrected chi connectivity index (χ4v) is 3.63. The van der Waals surface area contributed by atoms with Crippen LogP contribution >= 0.6 is 0 Å². The number of nitrogens with zero attached hydrogens (tertiary/aromatic N) is 2. The van der Waals surface area contributed by atoms with Gasteiger partial charge in [-0.25, -0.2) is 4.79 Å². The van der Waals surface area contributed by atoms with Crippen LogP contribution in [-0.4, -0.2) is 67.5 Å². The number of nitrogens with one attached hydrogen (secondary N) is 4. The summed E-state index contributed by atoms with van der Waals surface area (Å²) < 4.78 is 0. The van der Waals surface area contributed by atoms with E-state index in [-0.39, 0.29) is 17.7 Å². The summed E-state index contributed by atoms with van der Waals surface area (Å²) in [6, 6.07) is -0.421. The van der Waals surface area contributed by atoms with Crippen LogP contribution in [0.2, 0.25) is 0 Å². The molecule has 0 aromatic carbocycles. The van der Waals surface area contributed by atoms with Crippen molar-refractivity contribution in [2.45, 2.75) is 46.1 Å². The summed E-state index contributed by atoms with van der Waals surface area (Å²) in [5.41, 5.74) is -1.40. The molecule has 4 N–H and O–H groups in total. The van der Waals surface area contributed by atoms with E-state index in [9.17, 15) is 14.4 Å². The quantitative estimate of drug-likeness (QED) is 0.305. The minimum atomic E-state index is -0.847. The summed E-state index contributed by atoms with van der Waals surface area (Å²) in [4.78, 5) is 42.2. The van der Waals surface area contributed by atoms with Gasteiger partial charge in [-0.15, -0.1) is 0 Å². The van der Waals surface area contributed by atoms with Crippen molar-refractivity contribution in [2.24, 2.45) is 16.3 Å². The number of urea groups is 1. The Morgan fingerprint density at radius 1 is 1.30 bits per heavy atom. The highest BCUT2D eigenvalue weighted by Gasteiger charge is 2.48. The van der Waals surface area contributed by atoms with Crippen LogP contribution < -0.4 is 21.3 Å². The molecule has 0 saturated carbocycles. The van der Waals surface area contributed by atoms with Gasteiger partial charge < -0.3 is 20.9 Å². The van der Waals surface area contributed by atoms with Crippen LogP contribution in [0.1, 0.15) is 40.5 Å². The smallest absolute Gasteiger partial charge is 0.322 e. The van der Waals surface area contributed by atoms with Gasteiger partial charge in [0.25, 0.3) is 5.91 Å². The van der Waals surface area contributed by atoms with Crippen molar-refractivity contribution in [3.05, 3.63) is 0 Å². The van der Waals surface area contributed by atoms with Gasteiger partial charge >= 0.3 is 6.03 Å².